The number of hydrogen-bond acceptors (Lipinski definition) is 5. The minimum Gasteiger partial charge on any atom is -0.482 e. The molecule has 4 aromatic rings. The first-order chi connectivity index (χ1) is 15.2. The van der Waals surface area contributed by atoms with Crippen molar-refractivity contribution in [3.63, 3.8) is 0 Å². The average molecular weight is 411 g/mol. The molecule has 3 heterocycles. The van der Waals surface area contributed by atoms with Crippen LogP contribution in [0.2, 0.25) is 0 Å². The van der Waals surface area contributed by atoms with Crippen LogP contribution in [0.15, 0.2) is 79.3 Å². The molecule has 0 spiro atoms. The fourth-order valence-electron chi connectivity index (χ4n) is 3.33. The number of carbonyl (C=O) groups excluding carboxylic acids is 2. The van der Waals surface area contributed by atoms with Crippen LogP contribution in [0, 0.1) is 0 Å². The van der Waals surface area contributed by atoms with Crippen LogP contribution in [0.1, 0.15) is 10.4 Å². The van der Waals surface area contributed by atoms with Crippen molar-refractivity contribution in [1.29, 1.82) is 0 Å². The highest BCUT2D eigenvalue weighted by Crippen LogP contribution is 2.31. The van der Waals surface area contributed by atoms with Crippen molar-refractivity contribution < 1.29 is 14.3 Å². The van der Waals surface area contributed by atoms with Crippen LogP contribution in [0.25, 0.3) is 16.9 Å². The molecule has 8 nitrogen and oxygen atoms in total. The first-order valence-electron chi connectivity index (χ1n) is 9.61. The molecule has 2 N–H and O–H groups in total. The first kappa shape index (κ1) is 18.6. The van der Waals surface area contributed by atoms with Crippen molar-refractivity contribution in [1.82, 2.24) is 14.8 Å². The van der Waals surface area contributed by atoms with Gasteiger partial charge in [0.05, 0.1) is 16.9 Å². The Hall–Kier alpha value is -4.46. The predicted molar refractivity (Wildman–Crippen MR) is 115 cm³/mol. The monoisotopic (exact) mass is 411 g/mol. The summed E-state index contributed by atoms with van der Waals surface area (Å²) < 4.78 is 7.03. The van der Waals surface area contributed by atoms with E-state index in [-0.39, 0.29) is 18.4 Å². The fourth-order valence-corrected chi connectivity index (χ4v) is 3.33. The van der Waals surface area contributed by atoms with Gasteiger partial charge in [0.25, 0.3) is 11.8 Å². The molecule has 0 atom stereocenters. The second kappa shape index (κ2) is 7.75. The Morgan fingerprint density at radius 3 is 2.77 bits per heavy atom. The van der Waals surface area contributed by atoms with E-state index in [0.29, 0.717) is 28.4 Å². The summed E-state index contributed by atoms with van der Waals surface area (Å²) in [5.74, 6) is -0.00596. The van der Waals surface area contributed by atoms with Crippen LogP contribution >= 0.6 is 0 Å². The van der Waals surface area contributed by atoms with Crippen molar-refractivity contribution in [2.45, 2.75) is 0 Å². The highest BCUT2D eigenvalue weighted by Gasteiger charge is 2.21. The molecule has 8 heteroatoms. The lowest BCUT2D eigenvalue weighted by atomic mass is 10.1. The number of ether oxygens (including phenoxy) is 1. The summed E-state index contributed by atoms with van der Waals surface area (Å²) in [6, 6.07) is 18.3. The van der Waals surface area contributed by atoms with Gasteiger partial charge in [-0.2, -0.15) is 5.10 Å². The van der Waals surface area contributed by atoms with E-state index >= 15 is 0 Å². The number of aromatic nitrogens is 3. The third-order valence-corrected chi connectivity index (χ3v) is 4.78. The minimum atomic E-state index is -0.330. The van der Waals surface area contributed by atoms with Crippen LogP contribution in [-0.4, -0.2) is 33.2 Å². The lowest BCUT2D eigenvalue weighted by molar-refractivity contribution is -0.118. The van der Waals surface area contributed by atoms with Crippen LogP contribution in [0.3, 0.4) is 0 Å². The number of hydrogen-bond donors (Lipinski definition) is 2. The van der Waals surface area contributed by atoms with Crippen molar-refractivity contribution in [2.75, 3.05) is 17.2 Å². The molecule has 152 valence electrons. The van der Waals surface area contributed by atoms with Crippen molar-refractivity contribution in [2.24, 2.45) is 0 Å². The van der Waals surface area contributed by atoms with Gasteiger partial charge in [-0.05, 0) is 42.5 Å². The second-order valence-electron chi connectivity index (χ2n) is 6.92. The number of nitrogens with one attached hydrogen (secondary N) is 2. The molecule has 0 saturated carbocycles. The Labute approximate surface area is 177 Å². The SMILES string of the molecule is O=C1COc2ccc(NC(=O)c3cn(-c4ccccc4)nc3-c3cccnc3)cc2N1. The maximum absolute atomic E-state index is 13.2. The van der Waals surface area contributed by atoms with Gasteiger partial charge in [0, 0.05) is 29.8 Å². The Balaban J connectivity index is 1.50. The van der Waals surface area contributed by atoms with Crippen LogP contribution in [0.5, 0.6) is 5.75 Å². The van der Waals surface area contributed by atoms with Crippen molar-refractivity contribution >= 4 is 23.2 Å². The number of benzene rings is 2. The predicted octanol–water partition coefficient (Wildman–Crippen LogP) is 3.52. The van der Waals surface area contributed by atoms with E-state index in [2.05, 4.69) is 20.7 Å². The van der Waals surface area contributed by atoms with Gasteiger partial charge in [0.1, 0.15) is 11.4 Å². The van der Waals surface area contributed by atoms with Gasteiger partial charge in [0.2, 0.25) is 0 Å². The van der Waals surface area contributed by atoms with Crippen LogP contribution in [0.4, 0.5) is 11.4 Å². The molecule has 5 rings (SSSR count). The minimum absolute atomic E-state index is 0.0220. The van der Waals surface area contributed by atoms with Crippen molar-refractivity contribution in [3.05, 3.63) is 84.8 Å². The molecule has 0 bridgehead atoms. The maximum Gasteiger partial charge on any atom is 0.262 e. The molecule has 0 saturated heterocycles. The number of rotatable bonds is 4. The Bertz CT molecular complexity index is 1270. The smallest absolute Gasteiger partial charge is 0.262 e. The van der Waals surface area contributed by atoms with E-state index in [1.807, 2.05) is 36.4 Å². The molecule has 2 amide bonds. The number of carbonyl (C=O) groups is 2. The number of anilines is 2. The van der Waals surface area contributed by atoms with E-state index in [0.717, 1.165) is 11.3 Å². The van der Waals surface area contributed by atoms with Crippen LogP contribution < -0.4 is 15.4 Å². The zero-order valence-corrected chi connectivity index (χ0v) is 16.3. The highest BCUT2D eigenvalue weighted by molar-refractivity contribution is 6.08. The summed E-state index contributed by atoms with van der Waals surface area (Å²) in [4.78, 5) is 28.9. The third kappa shape index (κ3) is 3.74. The summed E-state index contributed by atoms with van der Waals surface area (Å²) in [7, 11) is 0. The molecule has 0 radical (unpaired) electrons. The molecule has 1 aliphatic heterocycles. The van der Waals surface area contributed by atoms with Gasteiger partial charge in [-0.25, -0.2) is 4.68 Å². The molecular weight excluding hydrogens is 394 g/mol. The lowest BCUT2D eigenvalue weighted by Gasteiger charge is -2.18. The Kier molecular flexibility index (Phi) is 4.64. The van der Waals surface area contributed by atoms with E-state index in [1.54, 1.807) is 47.5 Å². The van der Waals surface area contributed by atoms with E-state index in [1.165, 1.54) is 0 Å². The topological polar surface area (TPSA) is 98.1 Å². The summed E-state index contributed by atoms with van der Waals surface area (Å²) in [5, 5.41) is 10.2. The fraction of sp³-hybridized carbons (Fsp3) is 0.0435. The quantitative estimate of drug-likeness (QED) is 0.535. The largest absolute Gasteiger partial charge is 0.482 e. The van der Waals surface area contributed by atoms with Gasteiger partial charge in [-0.15, -0.1) is 0 Å². The number of para-hydroxylation sites is 1. The standard InChI is InChI=1S/C23H17N5O3/c29-21-14-31-20-9-8-16(11-19(20)26-21)25-23(30)18-13-28(17-6-2-1-3-7-17)27-22(18)15-5-4-10-24-12-15/h1-13H,14H2,(H,25,30)(H,26,29). The van der Waals surface area contributed by atoms with Gasteiger partial charge in [-0.1, -0.05) is 18.2 Å². The van der Waals surface area contributed by atoms with Gasteiger partial charge in [0.15, 0.2) is 6.61 Å². The average Bonchev–Trinajstić information content (AvgIpc) is 3.26. The Morgan fingerprint density at radius 1 is 1.10 bits per heavy atom. The number of nitrogens with zero attached hydrogens (tertiary/aromatic N) is 3. The summed E-state index contributed by atoms with van der Waals surface area (Å²) >= 11 is 0. The summed E-state index contributed by atoms with van der Waals surface area (Å²) in [6.45, 7) is -0.0220. The number of pyridine rings is 1. The number of fused-ring (bicyclic) bond motifs is 1. The molecule has 1 aliphatic rings. The molecule has 31 heavy (non-hydrogen) atoms. The van der Waals surface area contributed by atoms with E-state index in [9.17, 15) is 9.59 Å². The summed E-state index contributed by atoms with van der Waals surface area (Å²) in [5.41, 5.74) is 3.52. The normalized spacial score (nSPS) is 12.5. The molecule has 0 fully saturated rings. The van der Waals surface area contributed by atoms with Gasteiger partial charge >= 0.3 is 0 Å². The second-order valence-corrected chi connectivity index (χ2v) is 6.92. The third-order valence-electron chi connectivity index (χ3n) is 4.78. The molecule has 0 aliphatic carbocycles. The van der Waals surface area contributed by atoms with E-state index < -0.39 is 0 Å². The zero-order valence-electron chi connectivity index (χ0n) is 16.3. The van der Waals surface area contributed by atoms with E-state index in [4.69, 9.17) is 4.74 Å². The number of amides is 2. The molecule has 2 aromatic heterocycles. The lowest BCUT2D eigenvalue weighted by Crippen LogP contribution is -2.25. The van der Waals surface area contributed by atoms with Crippen LogP contribution in [-0.2, 0) is 4.79 Å². The molecule has 0 unspecified atom stereocenters. The van der Waals surface area contributed by atoms with Crippen molar-refractivity contribution in [3.8, 4) is 22.7 Å². The Morgan fingerprint density at radius 2 is 1.97 bits per heavy atom. The first-order valence-corrected chi connectivity index (χ1v) is 9.61. The molecular formula is C23H17N5O3. The summed E-state index contributed by atoms with van der Waals surface area (Å²) in [6.07, 6.45) is 5.03. The van der Waals surface area contributed by atoms with Gasteiger partial charge in [-0.3, -0.25) is 14.6 Å². The molecule has 2 aromatic carbocycles. The maximum atomic E-state index is 13.2. The van der Waals surface area contributed by atoms with Gasteiger partial charge < -0.3 is 15.4 Å². The zero-order chi connectivity index (χ0) is 21.2. The highest BCUT2D eigenvalue weighted by atomic mass is 16.5.